The average Bonchev–Trinajstić information content (AvgIpc) is 1.94. The fourth-order valence-electron chi connectivity index (χ4n) is 0.428. The summed E-state index contributed by atoms with van der Waals surface area (Å²) in [5, 5.41) is 8.63. The van der Waals surface area contributed by atoms with Crippen LogP contribution < -0.4 is 0 Å². The second-order valence-corrected chi connectivity index (χ2v) is 1.34. The van der Waals surface area contributed by atoms with E-state index in [1.165, 1.54) is 6.38 Å². The van der Waals surface area contributed by atoms with Crippen molar-refractivity contribution in [1.82, 2.24) is 0 Å². The van der Waals surface area contributed by atoms with E-state index < -0.39 is 0 Å². The molecule has 9 heavy (non-hydrogen) atoms. The molecule has 2 heteroatoms. The van der Waals surface area contributed by atoms with E-state index in [2.05, 4.69) is 11.6 Å². The molecule has 0 spiro atoms. The van der Waals surface area contributed by atoms with Gasteiger partial charge in [-0.2, -0.15) is 0 Å². The minimum Gasteiger partial charge on any atom is -0.508 e. The van der Waals surface area contributed by atoms with E-state index >= 15 is 0 Å². The zero-order valence-corrected chi connectivity index (χ0v) is 5.97. The van der Waals surface area contributed by atoms with Gasteiger partial charge >= 0.3 is 0 Å². The number of hydrogen-bond donors (Lipinski definition) is 1. The molecule has 0 radical (unpaired) electrons. The molecule has 0 saturated carbocycles. The summed E-state index contributed by atoms with van der Waals surface area (Å²) in [7, 11) is 0. The molecule has 0 unspecified atom stereocenters. The van der Waals surface area contributed by atoms with Crippen LogP contribution in [0, 0.1) is 0 Å². The Kier molecular flexibility index (Phi) is 5.03. The van der Waals surface area contributed by atoms with E-state index in [9.17, 15) is 0 Å². The number of alkyl halides is 1. The van der Waals surface area contributed by atoms with Gasteiger partial charge in [-0.1, -0.05) is 18.2 Å². The van der Waals surface area contributed by atoms with Crippen LogP contribution in [0.15, 0.2) is 30.3 Å². The van der Waals surface area contributed by atoms with Crippen LogP contribution in [-0.2, 0) is 0 Å². The number of para-hydroxylation sites is 1. The molecular weight excluding hydrogens is 136 g/mol. The van der Waals surface area contributed by atoms with Crippen molar-refractivity contribution in [3.05, 3.63) is 30.3 Å². The maximum Gasteiger partial charge on any atom is 0.115 e. The zero-order chi connectivity index (χ0) is 7.11. The van der Waals surface area contributed by atoms with Crippen LogP contribution in [-0.4, -0.2) is 11.5 Å². The lowest BCUT2D eigenvalue weighted by Crippen LogP contribution is -1.56. The first-order valence-electron chi connectivity index (χ1n) is 2.51. The number of phenolic OH excluding ortho intramolecular Hbond substituents is 1. The predicted molar refractivity (Wildman–Crippen MR) is 39.9 cm³/mol. The molecule has 0 amide bonds. The van der Waals surface area contributed by atoms with Crippen molar-refractivity contribution in [3.63, 3.8) is 0 Å². The third-order valence-corrected chi connectivity index (χ3v) is 0.756. The molecule has 0 aromatic heterocycles. The van der Waals surface area contributed by atoms with Gasteiger partial charge in [0.05, 0.1) is 0 Å². The summed E-state index contributed by atoms with van der Waals surface area (Å²) in [6.45, 7) is 0. The van der Waals surface area contributed by atoms with Gasteiger partial charge in [-0.25, -0.2) is 0 Å². The van der Waals surface area contributed by atoms with Crippen LogP contribution in [0.2, 0.25) is 0 Å². The van der Waals surface area contributed by atoms with Gasteiger partial charge in [0.1, 0.15) is 5.75 Å². The van der Waals surface area contributed by atoms with Gasteiger partial charge in [-0.15, -0.1) is 11.6 Å². The molecule has 0 aliphatic rings. The lowest BCUT2D eigenvalue weighted by atomic mass is 10.3. The molecule has 1 aromatic rings. The van der Waals surface area contributed by atoms with E-state index in [1.54, 1.807) is 24.3 Å². The number of phenols is 1. The highest BCUT2D eigenvalue weighted by Gasteiger charge is 1.74. The maximum absolute atomic E-state index is 8.63. The van der Waals surface area contributed by atoms with Crippen LogP contribution in [0.25, 0.3) is 0 Å². The third kappa shape index (κ3) is 3.86. The maximum atomic E-state index is 8.63. The Labute approximate surface area is 59.9 Å². The second-order valence-electron chi connectivity index (χ2n) is 1.34. The van der Waals surface area contributed by atoms with Crippen LogP contribution in [0.1, 0.15) is 0 Å². The topological polar surface area (TPSA) is 20.2 Å². The number of hydrogen-bond acceptors (Lipinski definition) is 1. The van der Waals surface area contributed by atoms with E-state index in [4.69, 9.17) is 5.11 Å². The molecule has 0 fully saturated rings. The Morgan fingerprint density at radius 2 is 1.56 bits per heavy atom. The smallest absolute Gasteiger partial charge is 0.115 e. The van der Waals surface area contributed by atoms with Crippen LogP contribution in [0.3, 0.4) is 0 Å². The Balaban J connectivity index is 0.000000291. The lowest BCUT2D eigenvalue weighted by Gasteiger charge is -1.82. The first-order chi connectivity index (χ1) is 4.39. The van der Waals surface area contributed by atoms with Gasteiger partial charge < -0.3 is 5.11 Å². The van der Waals surface area contributed by atoms with Gasteiger partial charge in [0.25, 0.3) is 0 Å². The minimum absolute atomic E-state index is 0.322. The van der Waals surface area contributed by atoms with Gasteiger partial charge in [-0.05, 0) is 12.1 Å². The minimum atomic E-state index is 0.322. The quantitative estimate of drug-likeness (QED) is 0.554. The molecule has 0 heterocycles. The lowest BCUT2D eigenvalue weighted by molar-refractivity contribution is 0.475. The van der Waals surface area contributed by atoms with Crippen LogP contribution in [0.4, 0.5) is 0 Å². The van der Waals surface area contributed by atoms with E-state index in [0.717, 1.165) is 0 Å². The SMILES string of the molecule is CCl.Oc1ccccc1. The predicted octanol–water partition coefficient (Wildman–Crippen LogP) is 2.25. The van der Waals surface area contributed by atoms with Crippen molar-refractivity contribution in [2.45, 2.75) is 0 Å². The van der Waals surface area contributed by atoms with Crippen molar-refractivity contribution in [2.75, 3.05) is 6.38 Å². The number of aromatic hydroxyl groups is 1. The summed E-state index contributed by atoms with van der Waals surface area (Å²) < 4.78 is 0. The molecule has 0 aliphatic heterocycles. The highest BCUT2D eigenvalue weighted by Crippen LogP contribution is 2.02. The van der Waals surface area contributed by atoms with E-state index in [1.807, 2.05) is 6.07 Å². The van der Waals surface area contributed by atoms with Gasteiger partial charge in [0.15, 0.2) is 0 Å². The molecule has 50 valence electrons. The Morgan fingerprint density at radius 1 is 1.11 bits per heavy atom. The Morgan fingerprint density at radius 3 is 1.78 bits per heavy atom. The van der Waals surface area contributed by atoms with Crippen molar-refractivity contribution in [3.8, 4) is 5.75 Å². The number of rotatable bonds is 0. The van der Waals surface area contributed by atoms with Gasteiger partial charge in [0, 0.05) is 6.38 Å². The molecular formula is C7H9ClO. The van der Waals surface area contributed by atoms with Crippen molar-refractivity contribution >= 4 is 11.6 Å². The monoisotopic (exact) mass is 144 g/mol. The standard InChI is InChI=1S/C6H6O.CH3Cl/c7-6-4-2-1-3-5-6;1-2/h1-5,7H;1H3. The van der Waals surface area contributed by atoms with Crippen LogP contribution >= 0.6 is 11.6 Å². The first kappa shape index (κ1) is 8.31. The molecule has 0 bridgehead atoms. The molecule has 1 rings (SSSR count). The fourth-order valence-corrected chi connectivity index (χ4v) is 0.428. The number of benzene rings is 1. The van der Waals surface area contributed by atoms with E-state index in [0.29, 0.717) is 5.75 Å². The number of halogens is 1. The summed E-state index contributed by atoms with van der Waals surface area (Å²) in [5.74, 6) is 0.322. The third-order valence-electron chi connectivity index (χ3n) is 0.756. The molecule has 0 atom stereocenters. The fraction of sp³-hybridized carbons (Fsp3) is 0.143. The molecule has 0 saturated heterocycles. The van der Waals surface area contributed by atoms with Crippen molar-refractivity contribution in [1.29, 1.82) is 0 Å². The van der Waals surface area contributed by atoms with Gasteiger partial charge in [0.2, 0.25) is 0 Å². The summed E-state index contributed by atoms with van der Waals surface area (Å²) in [6, 6.07) is 8.71. The summed E-state index contributed by atoms with van der Waals surface area (Å²) in [5.41, 5.74) is 0. The molecule has 1 nitrogen and oxygen atoms in total. The Hall–Kier alpha value is -0.690. The highest BCUT2D eigenvalue weighted by molar-refractivity contribution is 6.15. The summed E-state index contributed by atoms with van der Waals surface area (Å²) in [6.07, 6.45) is 1.47. The average molecular weight is 145 g/mol. The molecule has 0 aliphatic carbocycles. The Bertz CT molecular complexity index is 139. The highest BCUT2D eigenvalue weighted by atomic mass is 35.5. The molecule has 1 aromatic carbocycles. The van der Waals surface area contributed by atoms with E-state index in [-0.39, 0.29) is 0 Å². The second kappa shape index (κ2) is 5.45. The normalized spacial score (nSPS) is 7.33. The largest absolute Gasteiger partial charge is 0.508 e. The van der Waals surface area contributed by atoms with Gasteiger partial charge in [-0.3, -0.25) is 0 Å². The summed E-state index contributed by atoms with van der Waals surface area (Å²) >= 11 is 4.64. The summed E-state index contributed by atoms with van der Waals surface area (Å²) in [4.78, 5) is 0. The first-order valence-corrected chi connectivity index (χ1v) is 3.27. The van der Waals surface area contributed by atoms with Crippen molar-refractivity contribution in [2.24, 2.45) is 0 Å². The molecule has 1 N–H and O–H groups in total. The van der Waals surface area contributed by atoms with Crippen molar-refractivity contribution < 1.29 is 5.11 Å². The zero-order valence-electron chi connectivity index (χ0n) is 5.21. The van der Waals surface area contributed by atoms with Crippen LogP contribution in [0.5, 0.6) is 5.75 Å².